The van der Waals surface area contributed by atoms with E-state index in [1.807, 2.05) is 12.1 Å². The maximum Gasteiger partial charge on any atom is 0.347 e. The first-order chi connectivity index (χ1) is 18.0. The average molecular weight is 498 g/mol. The number of hydrogen-bond donors (Lipinski definition) is 0. The predicted molar refractivity (Wildman–Crippen MR) is 150 cm³/mol. The number of nitrogens with zero attached hydrogens (tertiary/aromatic N) is 3. The van der Waals surface area contributed by atoms with Crippen LogP contribution < -0.4 is 15.4 Å². The van der Waals surface area contributed by atoms with Crippen LogP contribution in [0, 0.1) is 0 Å². The maximum atomic E-state index is 13.0. The lowest BCUT2D eigenvalue weighted by atomic mass is 9.90. The Morgan fingerprint density at radius 2 is 1.76 bits per heavy atom. The van der Waals surface area contributed by atoms with Crippen LogP contribution in [-0.4, -0.2) is 57.0 Å². The first-order valence-electron chi connectivity index (χ1n) is 13.6. The molecular weight excluding hydrogens is 462 g/mol. The third-order valence-corrected chi connectivity index (χ3v) is 8.44. The minimum atomic E-state index is -0.554. The fraction of sp³-hybridized carbons (Fsp3) is 0.419. The first-order valence-corrected chi connectivity index (χ1v) is 13.6. The Hall–Kier alpha value is -3.38. The highest BCUT2D eigenvalue weighted by Gasteiger charge is 2.27. The number of carbonyl (C=O) groups is 1. The fourth-order valence-corrected chi connectivity index (χ4v) is 6.29. The molecule has 192 valence electrons. The summed E-state index contributed by atoms with van der Waals surface area (Å²) in [5.41, 5.74) is 6.00. The Balaban J connectivity index is 1.22. The van der Waals surface area contributed by atoms with Crippen molar-refractivity contribution in [1.82, 2.24) is 4.90 Å². The van der Waals surface area contributed by atoms with Crippen LogP contribution in [0.1, 0.15) is 52.7 Å². The molecule has 6 nitrogen and oxygen atoms in total. The molecule has 3 aromatic rings. The number of anilines is 2. The topological polar surface area (TPSA) is 57.0 Å². The number of likely N-dealkylation sites (tertiary alicyclic amines) is 1. The molecule has 0 N–H and O–H groups in total. The van der Waals surface area contributed by atoms with E-state index >= 15 is 0 Å². The van der Waals surface area contributed by atoms with Crippen molar-refractivity contribution in [2.75, 3.05) is 50.1 Å². The molecule has 0 bridgehead atoms. The lowest BCUT2D eigenvalue weighted by molar-refractivity contribution is 0.104. The van der Waals surface area contributed by atoms with E-state index in [1.165, 1.54) is 35.9 Å². The van der Waals surface area contributed by atoms with Gasteiger partial charge in [-0.25, -0.2) is 4.79 Å². The highest BCUT2D eigenvalue weighted by Crippen LogP contribution is 2.39. The number of fused-ring (bicyclic) bond motifs is 2. The smallest absolute Gasteiger partial charge is 0.347 e. The van der Waals surface area contributed by atoms with E-state index in [9.17, 15) is 9.59 Å². The largest absolute Gasteiger partial charge is 0.422 e. The summed E-state index contributed by atoms with van der Waals surface area (Å²) in [5, 5.41) is 0.857. The van der Waals surface area contributed by atoms with Gasteiger partial charge in [0.15, 0.2) is 5.78 Å². The second-order valence-electron chi connectivity index (χ2n) is 10.9. The number of allylic oxidation sites excluding steroid dienone is 1. The predicted octanol–water partition coefficient (Wildman–Crippen LogP) is 4.92. The van der Waals surface area contributed by atoms with Crippen molar-refractivity contribution in [1.29, 1.82) is 0 Å². The molecule has 1 fully saturated rings. The lowest BCUT2D eigenvalue weighted by Gasteiger charge is -2.37. The molecule has 3 aliphatic heterocycles. The summed E-state index contributed by atoms with van der Waals surface area (Å²) in [5.74, 6) is -0.323. The van der Waals surface area contributed by atoms with Gasteiger partial charge in [0.1, 0.15) is 11.1 Å². The van der Waals surface area contributed by atoms with Gasteiger partial charge in [0.25, 0.3) is 0 Å². The normalized spacial score (nSPS) is 18.4. The molecule has 0 amide bonds. The van der Waals surface area contributed by atoms with Crippen LogP contribution in [-0.2, 0) is 12.8 Å². The van der Waals surface area contributed by atoms with E-state index in [0.717, 1.165) is 68.4 Å². The molecule has 1 saturated heterocycles. The third kappa shape index (κ3) is 4.59. The zero-order valence-corrected chi connectivity index (χ0v) is 21.8. The molecule has 37 heavy (non-hydrogen) atoms. The molecule has 0 aliphatic carbocycles. The number of hydrogen-bond acceptors (Lipinski definition) is 6. The molecule has 2 aromatic carbocycles. The van der Waals surface area contributed by atoms with Crippen LogP contribution in [0.5, 0.6) is 0 Å². The van der Waals surface area contributed by atoms with Gasteiger partial charge in [0.05, 0.1) is 0 Å². The minimum Gasteiger partial charge on any atom is -0.422 e. The quantitative estimate of drug-likeness (QED) is 0.283. The van der Waals surface area contributed by atoms with Crippen molar-refractivity contribution in [3.05, 3.63) is 75.1 Å². The minimum absolute atomic E-state index is 0.0954. The van der Waals surface area contributed by atoms with E-state index in [0.29, 0.717) is 11.6 Å². The molecule has 6 rings (SSSR count). The van der Waals surface area contributed by atoms with Gasteiger partial charge in [0.2, 0.25) is 0 Å². The number of benzene rings is 2. The van der Waals surface area contributed by atoms with Crippen molar-refractivity contribution >= 4 is 34.2 Å². The third-order valence-electron chi connectivity index (χ3n) is 8.44. The summed E-state index contributed by atoms with van der Waals surface area (Å²) in [7, 11) is 4.34. The van der Waals surface area contributed by atoms with Gasteiger partial charge in [0, 0.05) is 48.5 Å². The Morgan fingerprint density at radius 3 is 2.51 bits per heavy atom. The van der Waals surface area contributed by atoms with Gasteiger partial charge in [-0.1, -0.05) is 18.2 Å². The van der Waals surface area contributed by atoms with Gasteiger partial charge >= 0.3 is 5.63 Å². The summed E-state index contributed by atoms with van der Waals surface area (Å²) in [6.45, 7) is 4.38. The van der Waals surface area contributed by atoms with Crippen LogP contribution >= 0.6 is 0 Å². The van der Waals surface area contributed by atoms with E-state index in [2.05, 4.69) is 47.0 Å². The monoisotopic (exact) mass is 497 g/mol. The van der Waals surface area contributed by atoms with Crippen LogP contribution in [0.3, 0.4) is 0 Å². The number of aryl methyl sites for hydroxylation is 2. The van der Waals surface area contributed by atoms with E-state index in [1.54, 1.807) is 12.1 Å². The Labute approximate surface area is 218 Å². The molecular formula is C31H35N3O3. The van der Waals surface area contributed by atoms with Crippen molar-refractivity contribution < 1.29 is 9.21 Å². The van der Waals surface area contributed by atoms with Crippen molar-refractivity contribution in [3.63, 3.8) is 0 Å². The average Bonchev–Trinajstić information content (AvgIpc) is 2.92. The van der Waals surface area contributed by atoms with Gasteiger partial charge in [-0.3, -0.25) is 4.79 Å². The Bertz CT molecular complexity index is 1410. The van der Waals surface area contributed by atoms with Crippen LogP contribution in [0.2, 0.25) is 0 Å². The zero-order valence-electron chi connectivity index (χ0n) is 21.8. The summed E-state index contributed by atoms with van der Waals surface area (Å²) in [6, 6.07) is 12.7. The highest BCUT2D eigenvalue weighted by molar-refractivity contribution is 6.08. The second kappa shape index (κ2) is 9.82. The molecule has 0 radical (unpaired) electrons. The molecule has 0 spiro atoms. The fourth-order valence-electron chi connectivity index (χ4n) is 6.29. The summed E-state index contributed by atoms with van der Waals surface area (Å²) >= 11 is 0. The van der Waals surface area contributed by atoms with Crippen molar-refractivity contribution in [2.45, 2.75) is 44.6 Å². The van der Waals surface area contributed by atoms with Gasteiger partial charge in [-0.05, 0) is 100 Å². The van der Waals surface area contributed by atoms with Crippen LogP contribution in [0.25, 0.3) is 17.0 Å². The maximum absolute atomic E-state index is 13.0. The first kappa shape index (κ1) is 24.0. The number of piperidine rings is 1. The standard InChI is InChI=1S/C31H35N3O3/c1-32-17-13-25(14-18-32)33(2)24-10-7-21(8-11-24)9-12-28(35)27-20-23-19-22-5-3-15-34-16-4-6-26(29(22)34)30(23)37-31(27)36/h7-12,19-20,25H,3-6,13-18H2,1-2H3. The molecule has 6 heteroatoms. The number of rotatable bonds is 5. The van der Waals surface area contributed by atoms with Crippen molar-refractivity contribution in [3.8, 4) is 0 Å². The van der Waals surface area contributed by atoms with Gasteiger partial charge in [-0.15, -0.1) is 0 Å². The molecule has 0 unspecified atom stereocenters. The molecule has 4 heterocycles. The van der Waals surface area contributed by atoms with E-state index in [4.69, 9.17) is 4.42 Å². The lowest BCUT2D eigenvalue weighted by Crippen LogP contribution is -2.41. The SMILES string of the molecule is CN1CCC(N(C)c2ccc(C=CC(=O)c3cc4cc5c6c(c4oc3=O)CCCN6CCC5)cc2)CC1. The molecule has 3 aliphatic rings. The van der Waals surface area contributed by atoms with Crippen molar-refractivity contribution in [2.24, 2.45) is 0 Å². The summed E-state index contributed by atoms with van der Waals surface area (Å²) in [6.07, 6.45) is 9.73. The van der Waals surface area contributed by atoms with Gasteiger partial charge < -0.3 is 19.1 Å². The van der Waals surface area contributed by atoms with E-state index in [-0.39, 0.29) is 11.3 Å². The molecule has 0 atom stereocenters. The van der Waals surface area contributed by atoms with E-state index < -0.39 is 5.63 Å². The molecule has 1 aromatic heterocycles. The summed E-state index contributed by atoms with van der Waals surface area (Å²) < 4.78 is 5.80. The number of ketones is 1. The second-order valence-corrected chi connectivity index (χ2v) is 10.9. The van der Waals surface area contributed by atoms with Crippen LogP contribution in [0.4, 0.5) is 11.4 Å². The Morgan fingerprint density at radius 1 is 1.03 bits per heavy atom. The highest BCUT2D eigenvalue weighted by atomic mass is 16.4. The number of carbonyl (C=O) groups excluding carboxylic acids is 1. The van der Waals surface area contributed by atoms with Gasteiger partial charge in [-0.2, -0.15) is 0 Å². The Kier molecular flexibility index (Phi) is 6.37. The molecule has 0 saturated carbocycles. The summed E-state index contributed by atoms with van der Waals surface area (Å²) in [4.78, 5) is 33.1. The van der Waals surface area contributed by atoms with Crippen LogP contribution in [0.15, 0.2) is 51.7 Å². The zero-order chi connectivity index (χ0) is 25.5.